The number of β-amino-alcohol motifs (C(OH)–C–C–N with tert-alkyl or cyclic N) is 2. The van der Waals surface area contributed by atoms with Gasteiger partial charge in [-0.1, -0.05) is 38.2 Å². The molecule has 21 heteroatoms. The van der Waals surface area contributed by atoms with Gasteiger partial charge in [-0.3, -0.25) is 39.0 Å². The van der Waals surface area contributed by atoms with Gasteiger partial charge in [0.1, 0.15) is 36.8 Å². The third-order valence-corrected chi connectivity index (χ3v) is 9.38. The molecule has 3 fully saturated rings. The van der Waals surface area contributed by atoms with E-state index in [4.69, 9.17) is 32.7 Å². The molecule has 54 heavy (non-hydrogen) atoms. The number of aliphatic carboxylic acids is 1. The van der Waals surface area contributed by atoms with E-state index in [1.54, 1.807) is 18.2 Å². The van der Waals surface area contributed by atoms with Gasteiger partial charge in [0, 0.05) is 39.6 Å². The highest BCUT2D eigenvalue weighted by Crippen LogP contribution is 2.23. The predicted octanol–water partition coefficient (Wildman–Crippen LogP) is -1.91. The molecule has 0 aliphatic carbocycles. The fourth-order valence-corrected chi connectivity index (χ4v) is 6.31. The number of rotatable bonds is 16. The Morgan fingerprint density at radius 2 is 1.52 bits per heavy atom. The Hall–Kier alpha value is -3.40. The molecule has 0 saturated carbocycles. The van der Waals surface area contributed by atoms with E-state index in [9.17, 15) is 44.1 Å². The fourth-order valence-electron chi connectivity index (χ4n) is 5.94. The molecule has 3 rings (SSSR count). The van der Waals surface area contributed by atoms with Crippen LogP contribution in [0.5, 0.6) is 0 Å². The van der Waals surface area contributed by atoms with E-state index < -0.39 is 95.3 Å². The second-order valence-corrected chi connectivity index (χ2v) is 14.7. The Labute approximate surface area is 323 Å². The lowest BCUT2D eigenvalue weighted by molar-refractivity contribution is -0.164. The molecule has 5 amide bonds. The number of aliphatic hydroxyl groups excluding tert-OH is 2. The quantitative estimate of drug-likeness (QED) is 0.0367. The number of alkyl halides is 2. The lowest BCUT2D eigenvalue weighted by Crippen LogP contribution is -2.71. The van der Waals surface area contributed by atoms with E-state index in [-0.39, 0.29) is 58.0 Å². The molecule has 0 aromatic carbocycles. The zero-order valence-electron chi connectivity index (χ0n) is 30.7. The van der Waals surface area contributed by atoms with Crippen LogP contribution in [0.2, 0.25) is 0 Å². The maximum absolute atomic E-state index is 14.4. The number of carbonyl (C=O) groups excluding carboxylic acids is 5. The monoisotopic (exact) mass is 806 g/mol. The van der Waals surface area contributed by atoms with Crippen LogP contribution in [0.25, 0.3) is 0 Å². The molecular formula is C33H52Cl2N8O11. The van der Waals surface area contributed by atoms with Gasteiger partial charge in [-0.15, -0.1) is 23.2 Å². The molecule has 0 aromatic heterocycles. The number of nitrogens with zero attached hydrogens (tertiary/aromatic N) is 3. The second-order valence-electron chi connectivity index (χ2n) is 13.8. The van der Waals surface area contributed by atoms with Crippen molar-refractivity contribution in [1.29, 1.82) is 0 Å². The fraction of sp³-hybridized carbons (Fsp3) is 0.697. The molecule has 0 radical (unpaired) electrons. The average Bonchev–Trinajstić information content (AvgIpc) is 3.13. The van der Waals surface area contributed by atoms with Gasteiger partial charge in [-0.2, -0.15) is 0 Å². The summed E-state index contributed by atoms with van der Waals surface area (Å²) < 4.78 is 10.0. The molecule has 0 bridgehead atoms. The number of carboxylic acid groups (broad SMARTS) is 1. The second kappa shape index (κ2) is 21.1. The van der Waals surface area contributed by atoms with Crippen LogP contribution in [-0.4, -0.2) is 159 Å². The first-order valence-electron chi connectivity index (χ1n) is 17.5. The number of amides is 5. The maximum atomic E-state index is 14.4. The zero-order valence-corrected chi connectivity index (χ0v) is 32.2. The summed E-state index contributed by atoms with van der Waals surface area (Å²) >= 11 is 12.2. The van der Waals surface area contributed by atoms with Crippen molar-refractivity contribution in [3.05, 3.63) is 24.3 Å². The molecule has 3 heterocycles. The number of nitrogens with one attached hydrogen (secondary N) is 5. The third kappa shape index (κ3) is 12.3. The van der Waals surface area contributed by atoms with E-state index >= 15 is 0 Å². The molecule has 0 unspecified atom stereocenters. The molecule has 8 atom stereocenters. The van der Waals surface area contributed by atoms with Gasteiger partial charge in [0.2, 0.25) is 11.8 Å². The van der Waals surface area contributed by atoms with Crippen molar-refractivity contribution in [2.75, 3.05) is 46.0 Å². The summed E-state index contributed by atoms with van der Waals surface area (Å²) in [6, 6.07) is -5.31. The summed E-state index contributed by atoms with van der Waals surface area (Å²) in [4.78, 5) is 80.7. The highest BCUT2D eigenvalue weighted by Gasteiger charge is 2.47. The minimum atomic E-state index is -1.94. The van der Waals surface area contributed by atoms with E-state index in [2.05, 4.69) is 26.9 Å². The minimum absolute atomic E-state index is 0.00149. The molecule has 0 aromatic rings. The molecule has 19 nitrogen and oxygen atoms in total. The minimum Gasteiger partial charge on any atom is -0.479 e. The van der Waals surface area contributed by atoms with Crippen LogP contribution in [0.3, 0.4) is 0 Å². The van der Waals surface area contributed by atoms with Crippen molar-refractivity contribution in [3.63, 3.8) is 0 Å². The lowest BCUT2D eigenvalue weighted by Gasteiger charge is -2.44. The first kappa shape index (κ1) is 45.0. The number of aliphatic hydroxyl groups is 2. The Bertz CT molecular complexity index is 1410. The number of carbonyl (C=O) groups is 6. The van der Waals surface area contributed by atoms with E-state index in [1.807, 2.05) is 19.9 Å². The molecular weight excluding hydrogens is 755 g/mol. The first-order chi connectivity index (χ1) is 25.5. The number of methoxy groups -OCH3 is 1. The average molecular weight is 808 g/mol. The van der Waals surface area contributed by atoms with Gasteiger partial charge < -0.3 is 35.4 Å². The summed E-state index contributed by atoms with van der Waals surface area (Å²) in [7, 11) is 1.34. The van der Waals surface area contributed by atoms with Gasteiger partial charge in [0.25, 0.3) is 17.7 Å². The maximum Gasteiger partial charge on any atom is 0.331 e. The van der Waals surface area contributed by atoms with Crippen molar-refractivity contribution in [2.24, 2.45) is 5.92 Å². The molecule has 3 saturated heterocycles. The van der Waals surface area contributed by atoms with Crippen molar-refractivity contribution in [3.8, 4) is 0 Å². The number of allylic oxidation sites excluding steroid dienone is 3. The normalized spacial score (nSPS) is 26.8. The predicted molar refractivity (Wildman–Crippen MR) is 194 cm³/mol. The molecule has 3 aliphatic heterocycles. The summed E-state index contributed by atoms with van der Waals surface area (Å²) in [5.41, 5.74) is 6.33. The smallest absolute Gasteiger partial charge is 0.331 e. The summed E-state index contributed by atoms with van der Waals surface area (Å²) in [6.45, 7) is 4.34. The van der Waals surface area contributed by atoms with Gasteiger partial charge in [0.15, 0.2) is 5.54 Å². The van der Waals surface area contributed by atoms with Gasteiger partial charge >= 0.3 is 5.97 Å². The number of ether oxygens (including phenoxy) is 2. The number of hydrogen-bond donors (Lipinski definition) is 8. The Morgan fingerprint density at radius 3 is 2.11 bits per heavy atom. The number of halogens is 2. The standard InChI is InChI=1S/C33H52Cl2N8O11/c1-19(2)8-6-5-7-9-23(39-28(47)24-11-21(44)15-37-41(24)27(46)13-34)30(49)43-26(10-20(35)14-36-43)31(50)42-25(12-22(45)16-38-42)29(48)40-33(3,32(51)52)17-54-18-53-4/h5-8,19-26,36-38,44-45H,9-18H2,1-4H3,(H,39,47)(H,40,48)(H,51,52)/b7-5+,8-6+/t20-,21+,22-,23-,24+,25-,26+,33-/m0/s1. The number of hydrazine groups is 3. The van der Waals surface area contributed by atoms with Crippen LogP contribution in [-0.2, 0) is 38.2 Å². The largest absolute Gasteiger partial charge is 0.479 e. The zero-order chi connectivity index (χ0) is 40.2. The first-order valence-corrected chi connectivity index (χ1v) is 18.5. The Morgan fingerprint density at radius 1 is 0.907 bits per heavy atom. The molecule has 8 N–H and O–H groups in total. The summed E-state index contributed by atoms with van der Waals surface area (Å²) in [5, 5.41) is 38.0. The summed E-state index contributed by atoms with van der Waals surface area (Å²) in [5.74, 6) is -5.50. The highest BCUT2D eigenvalue weighted by molar-refractivity contribution is 6.27. The topological polar surface area (TPSA) is 251 Å². The highest BCUT2D eigenvalue weighted by atomic mass is 35.5. The van der Waals surface area contributed by atoms with Crippen LogP contribution in [0.1, 0.15) is 46.5 Å². The number of hydrogen-bond acceptors (Lipinski definition) is 13. The van der Waals surface area contributed by atoms with E-state index in [0.29, 0.717) is 0 Å². The summed E-state index contributed by atoms with van der Waals surface area (Å²) in [6.07, 6.45) is 4.41. The Balaban J connectivity index is 1.92. The molecule has 3 aliphatic rings. The van der Waals surface area contributed by atoms with Crippen LogP contribution >= 0.6 is 23.2 Å². The van der Waals surface area contributed by atoms with E-state index in [0.717, 1.165) is 15.0 Å². The van der Waals surface area contributed by atoms with Gasteiger partial charge in [-0.25, -0.2) is 21.1 Å². The van der Waals surface area contributed by atoms with Crippen molar-refractivity contribution in [1.82, 2.24) is 41.9 Å². The van der Waals surface area contributed by atoms with Crippen LogP contribution in [0.4, 0.5) is 0 Å². The van der Waals surface area contributed by atoms with Crippen molar-refractivity contribution >= 4 is 58.7 Å². The van der Waals surface area contributed by atoms with Crippen molar-refractivity contribution < 1.29 is 53.6 Å². The Kier molecular flexibility index (Phi) is 17.5. The van der Waals surface area contributed by atoms with Crippen LogP contribution in [0, 0.1) is 5.92 Å². The molecule has 304 valence electrons. The SMILES string of the molecule is COCOC[C@](C)(NC(=O)[C@@H]1C[C@H](O)CNN1C(=O)[C@H]1C[C@H](Cl)CNN1C(=O)[C@H](C/C=C/C=C/C(C)C)NC(=O)[C@H]1C[C@@H](O)CNN1C(=O)CCl)C(=O)O. The van der Waals surface area contributed by atoms with Crippen LogP contribution in [0.15, 0.2) is 24.3 Å². The third-order valence-electron chi connectivity index (χ3n) is 8.82. The van der Waals surface area contributed by atoms with E-state index in [1.165, 1.54) is 14.0 Å². The van der Waals surface area contributed by atoms with Crippen LogP contribution < -0.4 is 26.9 Å². The van der Waals surface area contributed by atoms with Crippen molar-refractivity contribution in [2.45, 2.75) is 93.7 Å². The molecule has 0 spiro atoms. The van der Waals surface area contributed by atoms with Gasteiger partial charge in [-0.05, 0) is 25.7 Å². The van der Waals surface area contributed by atoms with Gasteiger partial charge in [0.05, 0.1) is 24.2 Å². The lowest BCUT2D eigenvalue weighted by atomic mass is 9.98. The number of carboxylic acids is 1.